The lowest BCUT2D eigenvalue weighted by molar-refractivity contribution is 0.365. The second kappa shape index (κ2) is 3.81. The molecule has 0 bridgehead atoms. The molecule has 0 heterocycles. The molecular formula is C12H21. The van der Waals surface area contributed by atoms with E-state index in [4.69, 9.17) is 0 Å². The Hall–Kier alpha value is 0. The summed E-state index contributed by atoms with van der Waals surface area (Å²) in [5.41, 5.74) is 0. The van der Waals surface area contributed by atoms with Crippen molar-refractivity contribution in [3.63, 3.8) is 0 Å². The number of rotatable bonds is 4. The lowest BCUT2D eigenvalue weighted by Crippen LogP contribution is -2.07. The van der Waals surface area contributed by atoms with Gasteiger partial charge in [0.15, 0.2) is 0 Å². The second-order valence-electron chi connectivity index (χ2n) is 4.83. The fraction of sp³-hybridized carbons (Fsp3) is 0.917. The minimum Gasteiger partial charge on any atom is -0.0530 e. The molecule has 0 saturated heterocycles. The predicted molar refractivity (Wildman–Crippen MR) is 52.8 cm³/mol. The van der Waals surface area contributed by atoms with Crippen molar-refractivity contribution in [3.8, 4) is 0 Å². The first kappa shape index (κ1) is 8.59. The van der Waals surface area contributed by atoms with Crippen LogP contribution in [0.25, 0.3) is 0 Å². The molecule has 12 heavy (non-hydrogen) atoms. The summed E-state index contributed by atoms with van der Waals surface area (Å²) in [5.74, 6) is 2.88. The standard InChI is InChI=1S/C12H21/c1-10(6-7-11-8-9-11)12-4-2-3-5-12/h10-12H,1-9H2. The van der Waals surface area contributed by atoms with E-state index in [1.807, 2.05) is 0 Å². The summed E-state index contributed by atoms with van der Waals surface area (Å²) < 4.78 is 0. The zero-order valence-electron chi connectivity index (χ0n) is 8.10. The average Bonchev–Trinajstić information content (AvgIpc) is 2.74. The molecule has 0 nitrogen and oxygen atoms in total. The molecule has 0 amide bonds. The third-order valence-corrected chi connectivity index (χ3v) is 3.71. The molecule has 69 valence electrons. The highest BCUT2D eigenvalue weighted by atomic mass is 14.3. The molecule has 0 aromatic rings. The topological polar surface area (TPSA) is 0 Å². The lowest BCUT2D eigenvalue weighted by atomic mass is 9.88. The van der Waals surface area contributed by atoms with Gasteiger partial charge in [-0.15, -0.1) is 0 Å². The molecule has 0 N–H and O–H groups in total. The molecule has 1 atom stereocenters. The highest BCUT2D eigenvalue weighted by molar-refractivity contribution is 4.80. The maximum Gasteiger partial charge on any atom is -0.0386 e. The van der Waals surface area contributed by atoms with Crippen molar-refractivity contribution in [2.45, 2.75) is 51.4 Å². The number of hydrogen-bond acceptors (Lipinski definition) is 0. The van der Waals surface area contributed by atoms with Crippen LogP contribution in [0.15, 0.2) is 0 Å². The van der Waals surface area contributed by atoms with Crippen LogP contribution in [0.2, 0.25) is 0 Å². The van der Waals surface area contributed by atoms with Gasteiger partial charge in [-0.2, -0.15) is 0 Å². The minimum atomic E-state index is 0.785. The van der Waals surface area contributed by atoms with Gasteiger partial charge in [-0.05, 0) is 31.1 Å². The van der Waals surface area contributed by atoms with Crippen molar-refractivity contribution in [2.24, 2.45) is 17.8 Å². The molecule has 0 heteroatoms. The molecule has 0 aliphatic heterocycles. The van der Waals surface area contributed by atoms with Gasteiger partial charge in [0.25, 0.3) is 0 Å². The van der Waals surface area contributed by atoms with Crippen molar-refractivity contribution in [1.29, 1.82) is 0 Å². The third-order valence-electron chi connectivity index (χ3n) is 3.71. The first-order valence-corrected chi connectivity index (χ1v) is 5.69. The van der Waals surface area contributed by atoms with Crippen molar-refractivity contribution >= 4 is 0 Å². The minimum absolute atomic E-state index is 0.785. The van der Waals surface area contributed by atoms with Gasteiger partial charge in [0.1, 0.15) is 0 Å². The Bertz CT molecular complexity index is 129. The first-order chi connectivity index (χ1) is 5.86. The van der Waals surface area contributed by atoms with Gasteiger partial charge in [0.2, 0.25) is 0 Å². The normalized spacial score (nSPS) is 27.8. The molecule has 2 saturated carbocycles. The molecule has 1 unspecified atom stereocenters. The Morgan fingerprint density at radius 3 is 2.33 bits per heavy atom. The van der Waals surface area contributed by atoms with Gasteiger partial charge in [-0.1, -0.05) is 44.9 Å². The molecule has 2 fully saturated rings. The SMILES string of the molecule is [CH2]C(CCC1CC1)C1CCCC1. The van der Waals surface area contributed by atoms with E-state index in [0.29, 0.717) is 0 Å². The lowest BCUT2D eigenvalue weighted by Gasteiger charge is -2.17. The summed E-state index contributed by atoms with van der Waals surface area (Å²) in [7, 11) is 0. The number of hydrogen-bond donors (Lipinski definition) is 0. The van der Waals surface area contributed by atoms with E-state index in [1.54, 1.807) is 0 Å². The fourth-order valence-electron chi connectivity index (χ4n) is 2.52. The Balaban J connectivity index is 1.64. The summed E-state index contributed by atoms with van der Waals surface area (Å²) in [4.78, 5) is 0. The summed E-state index contributed by atoms with van der Waals surface area (Å²) in [6, 6.07) is 0. The van der Waals surface area contributed by atoms with Gasteiger partial charge >= 0.3 is 0 Å². The summed E-state index contributed by atoms with van der Waals surface area (Å²) in [6.07, 6.45) is 11.8. The molecule has 0 aromatic carbocycles. The van der Waals surface area contributed by atoms with Crippen LogP contribution in [0.5, 0.6) is 0 Å². The van der Waals surface area contributed by atoms with Crippen LogP contribution < -0.4 is 0 Å². The Labute approximate surface area is 76.7 Å². The molecule has 2 rings (SSSR count). The van der Waals surface area contributed by atoms with Crippen LogP contribution in [-0.2, 0) is 0 Å². The zero-order chi connectivity index (χ0) is 8.39. The maximum absolute atomic E-state index is 4.32. The van der Waals surface area contributed by atoms with Crippen LogP contribution in [0.4, 0.5) is 0 Å². The van der Waals surface area contributed by atoms with Crippen molar-refractivity contribution in [2.75, 3.05) is 0 Å². The van der Waals surface area contributed by atoms with E-state index in [-0.39, 0.29) is 0 Å². The molecule has 0 aromatic heterocycles. The smallest absolute Gasteiger partial charge is 0.0386 e. The molecule has 0 spiro atoms. The van der Waals surface area contributed by atoms with Gasteiger partial charge in [0, 0.05) is 0 Å². The first-order valence-electron chi connectivity index (χ1n) is 5.69. The van der Waals surface area contributed by atoms with Crippen molar-refractivity contribution in [1.82, 2.24) is 0 Å². The average molecular weight is 165 g/mol. The highest BCUT2D eigenvalue weighted by Crippen LogP contribution is 2.38. The maximum atomic E-state index is 4.32. The highest BCUT2D eigenvalue weighted by Gasteiger charge is 2.25. The van der Waals surface area contributed by atoms with Crippen molar-refractivity contribution in [3.05, 3.63) is 6.92 Å². The van der Waals surface area contributed by atoms with Crippen LogP contribution in [0, 0.1) is 24.7 Å². The Morgan fingerprint density at radius 2 is 1.75 bits per heavy atom. The quantitative estimate of drug-likeness (QED) is 0.594. The van der Waals surface area contributed by atoms with Gasteiger partial charge in [-0.3, -0.25) is 0 Å². The Kier molecular flexibility index (Phi) is 2.73. The largest absolute Gasteiger partial charge is 0.0530 e. The fourth-order valence-corrected chi connectivity index (χ4v) is 2.52. The summed E-state index contributed by atoms with van der Waals surface area (Å²) >= 11 is 0. The predicted octanol–water partition coefficient (Wildman–Crippen LogP) is 3.82. The van der Waals surface area contributed by atoms with Crippen molar-refractivity contribution < 1.29 is 0 Å². The van der Waals surface area contributed by atoms with Gasteiger partial charge in [0.05, 0.1) is 0 Å². The molecular weight excluding hydrogens is 144 g/mol. The third kappa shape index (κ3) is 2.24. The van der Waals surface area contributed by atoms with E-state index in [9.17, 15) is 0 Å². The molecule has 1 radical (unpaired) electrons. The van der Waals surface area contributed by atoms with E-state index >= 15 is 0 Å². The van der Waals surface area contributed by atoms with E-state index in [2.05, 4.69) is 6.92 Å². The van der Waals surface area contributed by atoms with Crippen LogP contribution in [-0.4, -0.2) is 0 Å². The van der Waals surface area contributed by atoms with Crippen LogP contribution >= 0.6 is 0 Å². The second-order valence-corrected chi connectivity index (χ2v) is 4.83. The van der Waals surface area contributed by atoms with Crippen LogP contribution in [0.1, 0.15) is 51.4 Å². The summed E-state index contributed by atoms with van der Waals surface area (Å²) in [6.45, 7) is 4.32. The molecule has 2 aliphatic rings. The van der Waals surface area contributed by atoms with Crippen LogP contribution in [0.3, 0.4) is 0 Å². The monoisotopic (exact) mass is 165 g/mol. The van der Waals surface area contributed by atoms with Gasteiger partial charge in [-0.25, -0.2) is 0 Å². The Morgan fingerprint density at radius 1 is 1.08 bits per heavy atom. The van der Waals surface area contributed by atoms with E-state index in [0.717, 1.165) is 17.8 Å². The van der Waals surface area contributed by atoms with E-state index < -0.39 is 0 Å². The van der Waals surface area contributed by atoms with Gasteiger partial charge < -0.3 is 0 Å². The molecule has 2 aliphatic carbocycles. The summed E-state index contributed by atoms with van der Waals surface area (Å²) in [5, 5.41) is 0. The zero-order valence-corrected chi connectivity index (χ0v) is 8.10. The van der Waals surface area contributed by atoms with E-state index in [1.165, 1.54) is 51.4 Å².